The molecule has 2 rings (SSSR count). The van der Waals surface area contributed by atoms with Crippen LogP contribution < -0.4 is 0 Å². The van der Waals surface area contributed by atoms with Crippen molar-refractivity contribution in [1.29, 1.82) is 0 Å². The Morgan fingerprint density at radius 3 is 2.43 bits per heavy atom. The molecule has 1 aromatic rings. The van der Waals surface area contributed by atoms with Crippen LogP contribution in [0.5, 0.6) is 0 Å². The largest absolute Gasteiger partial charge is 0.469 e. The molecule has 0 aliphatic heterocycles. The summed E-state index contributed by atoms with van der Waals surface area (Å²) in [7, 11) is -0.543. The number of methoxy groups -OCH3 is 1. The highest BCUT2D eigenvalue weighted by molar-refractivity contribution is 6.74. The minimum Gasteiger partial charge on any atom is -0.469 e. The lowest BCUT2D eigenvalue weighted by atomic mass is 9.84. The number of carbonyl (C=O) groups excluding carboxylic acids is 1. The highest BCUT2D eigenvalue weighted by atomic mass is 35.5. The van der Waals surface area contributed by atoms with Crippen molar-refractivity contribution < 1.29 is 19.1 Å². The second kappa shape index (κ2) is 14.9. The Kier molecular flexibility index (Phi) is 12.9. The van der Waals surface area contributed by atoms with Gasteiger partial charge in [0.25, 0.3) is 0 Å². The Morgan fingerprint density at radius 2 is 1.84 bits per heavy atom. The van der Waals surface area contributed by atoms with Crippen LogP contribution in [0.3, 0.4) is 0 Å². The number of ether oxygens (including phenoxy) is 1. The molecule has 0 spiro atoms. The Balaban J connectivity index is 2.20. The maximum atomic E-state index is 11.4. The average molecular weight is 551 g/mol. The number of aliphatic hydroxyl groups is 1. The second-order valence-electron chi connectivity index (χ2n) is 12.2. The Morgan fingerprint density at radius 1 is 1.16 bits per heavy atom. The molecule has 210 valence electrons. The molecule has 1 fully saturated rings. The van der Waals surface area contributed by atoms with E-state index in [-0.39, 0.29) is 34.3 Å². The molecule has 0 amide bonds. The highest BCUT2D eigenvalue weighted by Gasteiger charge is 2.48. The number of carbonyl (C=O) groups is 1. The maximum absolute atomic E-state index is 11.4. The minimum absolute atomic E-state index is 0.0406. The highest BCUT2D eigenvalue weighted by Crippen LogP contribution is 2.49. The number of rotatable bonds is 14. The molecule has 1 aromatic carbocycles. The van der Waals surface area contributed by atoms with Gasteiger partial charge in [-0.3, -0.25) is 4.79 Å². The van der Waals surface area contributed by atoms with Crippen molar-refractivity contribution in [3.05, 3.63) is 47.5 Å². The summed E-state index contributed by atoms with van der Waals surface area (Å²) in [6.45, 7) is 13.7. The van der Waals surface area contributed by atoms with Crippen molar-refractivity contribution >= 4 is 25.9 Å². The smallest absolute Gasteiger partial charge is 0.305 e. The third-order valence-corrected chi connectivity index (χ3v) is 13.4. The van der Waals surface area contributed by atoms with Crippen molar-refractivity contribution in [2.75, 3.05) is 7.11 Å². The van der Waals surface area contributed by atoms with Crippen LogP contribution >= 0.6 is 11.6 Å². The van der Waals surface area contributed by atoms with Crippen molar-refractivity contribution in [3.8, 4) is 0 Å². The van der Waals surface area contributed by atoms with Crippen LogP contribution in [0, 0.1) is 5.92 Å². The molecule has 1 unspecified atom stereocenters. The summed E-state index contributed by atoms with van der Waals surface area (Å²) in [5.41, 5.74) is 2.24. The minimum atomic E-state index is -1.98. The molecule has 4 nitrogen and oxygen atoms in total. The summed E-state index contributed by atoms with van der Waals surface area (Å²) < 4.78 is 11.7. The molecule has 6 heteroatoms. The van der Waals surface area contributed by atoms with Crippen LogP contribution in [0.4, 0.5) is 0 Å². The molecule has 1 N–H and O–H groups in total. The summed E-state index contributed by atoms with van der Waals surface area (Å²) in [4.78, 5) is 11.4. The zero-order chi connectivity index (χ0) is 27.6. The molecule has 5 atom stereocenters. The lowest BCUT2D eigenvalue weighted by molar-refractivity contribution is -0.140. The van der Waals surface area contributed by atoms with Crippen LogP contribution in [0.25, 0.3) is 0 Å². The SMILES string of the molecule is CCCCCC(O)c1ccc([C@@H]2[C@@H](C/C=C\CCCC(=O)OC)[C@H](Cl)C[C@@H]2O[Si](C)(C)C(C)(C)C)cc1. The number of unbranched alkanes of at least 4 members (excludes halogenated alkanes) is 3. The first-order valence-corrected chi connectivity index (χ1v) is 17.6. The third-order valence-electron chi connectivity index (χ3n) is 8.38. The van der Waals surface area contributed by atoms with Gasteiger partial charge in [-0.15, -0.1) is 11.6 Å². The predicted octanol–water partition coefficient (Wildman–Crippen LogP) is 8.69. The fourth-order valence-corrected chi connectivity index (χ4v) is 6.80. The van der Waals surface area contributed by atoms with Crippen molar-refractivity contribution in [1.82, 2.24) is 0 Å². The number of alkyl halides is 1. The van der Waals surface area contributed by atoms with Crippen molar-refractivity contribution in [2.24, 2.45) is 5.92 Å². The zero-order valence-electron chi connectivity index (χ0n) is 24.3. The predicted molar refractivity (Wildman–Crippen MR) is 158 cm³/mol. The van der Waals surface area contributed by atoms with E-state index in [9.17, 15) is 9.90 Å². The van der Waals surface area contributed by atoms with E-state index in [1.807, 2.05) is 0 Å². The Labute approximate surface area is 232 Å². The number of allylic oxidation sites excluding steroid dienone is 2. The first-order chi connectivity index (χ1) is 17.4. The maximum Gasteiger partial charge on any atom is 0.305 e. The number of esters is 1. The van der Waals surface area contributed by atoms with Gasteiger partial charge in [-0.1, -0.05) is 83.4 Å². The van der Waals surface area contributed by atoms with Gasteiger partial charge < -0.3 is 14.3 Å². The van der Waals surface area contributed by atoms with E-state index in [1.54, 1.807) is 0 Å². The standard InChI is InChI=1S/C31H51ClO4Si/c1-8-9-12-16-27(33)23-18-20-24(21-19-23)30-25(15-13-10-11-14-17-29(34)35-5)26(32)22-28(30)36-37(6,7)31(2,3)4/h10,13,18-21,25-28,30,33H,8-9,11-12,14-17,22H2,1-7H3/b13-10-/t25-,26+,27?,28-,30+/m0/s1. The Bertz CT molecular complexity index is 846. The molecule has 0 aromatic heterocycles. The van der Waals surface area contributed by atoms with Gasteiger partial charge in [-0.2, -0.15) is 0 Å². The van der Waals surface area contributed by atoms with Crippen LogP contribution in [-0.2, 0) is 14.0 Å². The van der Waals surface area contributed by atoms with Gasteiger partial charge in [0.15, 0.2) is 8.32 Å². The molecule has 37 heavy (non-hydrogen) atoms. The first kappa shape index (κ1) is 32.1. The first-order valence-electron chi connectivity index (χ1n) is 14.2. The molecule has 1 aliphatic rings. The van der Waals surface area contributed by atoms with Gasteiger partial charge in [0.2, 0.25) is 0 Å². The van der Waals surface area contributed by atoms with E-state index in [1.165, 1.54) is 12.7 Å². The van der Waals surface area contributed by atoms with E-state index in [0.717, 1.165) is 56.9 Å². The summed E-state index contributed by atoms with van der Waals surface area (Å²) >= 11 is 7.01. The van der Waals surface area contributed by atoms with Crippen molar-refractivity contribution in [3.63, 3.8) is 0 Å². The van der Waals surface area contributed by atoms with Crippen molar-refractivity contribution in [2.45, 2.75) is 127 Å². The topological polar surface area (TPSA) is 55.8 Å². The monoisotopic (exact) mass is 550 g/mol. The number of halogens is 1. The lowest BCUT2D eigenvalue weighted by Crippen LogP contribution is -2.44. The zero-order valence-corrected chi connectivity index (χ0v) is 26.0. The normalized spacial score (nSPS) is 23.5. The summed E-state index contributed by atoms with van der Waals surface area (Å²) in [6, 6.07) is 8.56. The molecule has 0 radical (unpaired) electrons. The third kappa shape index (κ3) is 9.52. The summed E-state index contributed by atoms with van der Waals surface area (Å²) in [5, 5.41) is 10.8. The molecule has 0 saturated heterocycles. The number of aliphatic hydroxyl groups excluding tert-OH is 1. The van der Waals surface area contributed by atoms with Gasteiger partial charge in [0, 0.05) is 17.7 Å². The van der Waals surface area contributed by atoms with E-state index >= 15 is 0 Å². The quantitative estimate of drug-likeness (QED) is 0.0827. The van der Waals surface area contributed by atoms with E-state index in [0.29, 0.717) is 6.42 Å². The summed E-state index contributed by atoms with van der Waals surface area (Å²) in [5.74, 6) is 0.325. The van der Waals surface area contributed by atoms with Gasteiger partial charge >= 0.3 is 5.97 Å². The van der Waals surface area contributed by atoms with Crippen LogP contribution in [0.15, 0.2) is 36.4 Å². The van der Waals surface area contributed by atoms with Gasteiger partial charge in [0.1, 0.15) is 0 Å². The average Bonchev–Trinajstić information content (AvgIpc) is 3.14. The van der Waals surface area contributed by atoms with Crippen LogP contribution in [0.2, 0.25) is 18.1 Å². The van der Waals surface area contributed by atoms with Gasteiger partial charge in [0.05, 0.1) is 19.3 Å². The summed E-state index contributed by atoms with van der Waals surface area (Å²) in [6.07, 6.45) is 12.1. The molecule has 0 heterocycles. The molecular weight excluding hydrogens is 500 g/mol. The van der Waals surface area contributed by atoms with Crippen LogP contribution in [-0.4, -0.2) is 38.0 Å². The van der Waals surface area contributed by atoms with E-state index in [4.69, 9.17) is 20.8 Å². The Hall–Kier alpha value is -1.14. The second-order valence-corrected chi connectivity index (χ2v) is 17.5. The molecule has 0 bridgehead atoms. The molecule has 1 aliphatic carbocycles. The van der Waals surface area contributed by atoms with Gasteiger partial charge in [-0.05, 0) is 67.3 Å². The lowest BCUT2D eigenvalue weighted by Gasteiger charge is -2.40. The number of hydrogen-bond donors (Lipinski definition) is 1. The van der Waals surface area contributed by atoms with Crippen LogP contribution in [0.1, 0.15) is 109 Å². The van der Waals surface area contributed by atoms with E-state index in [2.05, 4.69) is 77.2 Å². The molecular formula is C31H51ClO4Si. The van der Waals surface area contributed by atoms with Gasteiger partial charge in [-0.25, -0.2) is 0 Å². The molecule has 1 saturated carbocycles. The fourth-order valence-electron chi connectivity index (χ4n) is 5.01. The number of hydrogen-bond acceptors (Lipinski definition) is 4. The van der Waals surface area contributed by atoms with E-state index < -0.39 is 14.4 Å². The fraction of sp³-hybridized carbons (Fsp3) is 0.710. The number of benzene rings is 1.